The van der Waals surface area contributed by atoms with Gasteiger partial charge in [0, 0.05) is 62.4 Å². The predicted octanol–water partition coefficient (Wildman–Crippen LogP) is 3.73. The van der Waals surface area contributed by atoms with Crippen LogP contribution in [-0.4, -0.2) is 34.7 Å². The van der Waals surface area contributed by atoms with E-state index in [1.54, 1.807) is 0 Å². The zero-order chi connectivity index (χ0) is 18.0. The highest BCUT2D eigenvalue weighted by Crippen LogP contribution is 2.44. The van der Waals surface area contributed by atoms with Crippen LogP contribution < -0.4 is 15.0 Å². The second kappa shape index (κ2) is 7.23. The fourth-order valence-electron chi connectivity index (χ4n) is 4.10. The summed E-state index contributed by atoms with van der Waals surface area (Å²) >= 11 is 0. The Bertz CT molecular complexity index is 728. The summed E-state index contributed by atoms with van der Waals surface area (Å²) in [4.78, 5) is 11.1. The molecule has 2 aliphatic rings. The van der Waals surface area contributed by atoms with Crippen LogP contribution in [0.2, 0.25) is 0 Å². The van der Waals surface area contributed by atoms with Crippen LogP contribution >= 0.6 is 0 Å². The molecule has 4 rings (SSSR count). The molecule has 5 heteroatoms. The summed E-state index contributed by atoms with van der Waals surface area (Å²) in [6.45, 7) is 6.36. The van der Waals surface area contributed by atoms with Gasteiger partial charge >= 0.3 is 0 Å². The molecule has 0 aliphatic carbocycles. The van der Waals surface area contributed by atoms with E-state index in [-0.39, 0.29) is 5.60 Å². The lowest BCUT2D eigenvalue weighted by molar-refractivity contribution is 0.00674. The molecule has 2 atom stereocenters. The Morgan fingerprint density at radius 2 is 1.92 bits per heavy atom. The molecule has 0 unspecified atom stereocenters. The molecule has 0 bridgehead atoms. The van der Waals surface area contributed by atoms with E-state index in [9.17, 15) is 0 Å². The minimum Gasteiger partial charge on any atom is -0.487 e. The maximum Gasteiger partial charge on any atom is 0.225 e. The van der Waals surface area contributed by atoms with Crippen molar-refractivity contribution in [1.29, 1.82) is 0 Å². The van der Waals surface area contributed by atoms with E-state index < -0.39 is 0 Å². The Hall–Kier alpha value is -2.14. The van der Waals surface area contributed by atoms with E-state index in [1.165, 1.54) is 5.56 Å². The standard InChI is InChI=1S/C21H28N4O/c1-3-16(2)24-18-15-21(26-19-8-5-4-7-17(18)19)9-13-25(14-10-21)20-22-11-6-12-23-20/h4-8,11-12,16,18,24H,3,9-10,13-15H2,1-2H3/t16-,18+/m0/s1. The minimum absolute atomic E-state index is 0.0925. The van der Waals surface area contributed by atoms with Gasteiger partial charge in [-0.25, -0.2) is 9.97 Å². The van der Waals surface area contributed by atoms with E-state index in [4.69, 9.17) is 4.74 Å². The Balaban J connectivity index is 1.53. The molecule has 1 spiro atoms. The van der Waals surface area contributed by atoms with Crippen molar-refractivity contribution in [2.75, 3.05) is 18.0 Å². The van der Waals surface area contributed by atoms with E-state index in [2.05, 4.69) is 58.3 Å². The maximum atomic E-state index is 6.58. The van der Waals surface area contributed by atoms with Crippen LogP contribution in [0, 0.1) is 0 Å². The topological polar surface area (TPSA) is 50.3 Å². The Morgan fingerprint density at radius 3 is 2.65 bits per heavy atom. The number of rotatable bonds is 4. The van der Waals surface area contributed by atoms with E-state index in [0.717, 1.165) is 50.5 Å². The van der Waals surface area contributed by atoms with Crippen molar-refractivity contribution in [3.05, 3.63) is 48.3 Å². The number of nitrogens with zero attached hydrogens (tertiary/aromatic N) is 3. The molecule has 3 heterocycles. The smallest absolute Gasteiger partial charge is 0.225 e. The third kappa shape index (κ3) is 3.40. The predicted molar refractivity (Wildman–Crippen MR) is 104 cm³/mol. The zero-order valence-electron chi connectivity index (χ0n) is 15.7. The molecular formula is C21H28N4O. The van der Waals surface area contributed by atoms with Gasteiger partial charge in [-0.05, 0) is 25.5 Å². The first kappa shape index (κ1) is 17.3. The van der Waals surface area contributed by atoms with Gasteiger partial charge in [-0.3, -0.25) is 0 Å². The minimum atomic E-state index is -0.0925. The fraction of sp³-hybridized carbons (Fsp3) is 0.524. The van der Waals surface area contributed by atoms with Gasteiger partial charge in [-0.15, -0.1) is 0 Å². The van der Waals surface area contributed by atoms with Crippen molar-refractivity contribution in [1.82, 2.24) is 15.3 Å². The fourth-order valence-corrected chi connectivity index (χ4v) is 4.10. The third-order valence-corrected chi connectivity index (χ3v) is 5.80. The van der Waals surface area contributed by atoms with Crippen molar-refractivity contribution in [2.24, 2.45) is 0 Å². The van der Waals surface area contributed by atoms with Crippen LogP contribution in [0.3, 0.4) is 0 Å². The van der Waals surface area contributed by atoms with E-state index in [1.807, 2.05) is 18.5 Å². The maximum absolute atomic E-state index is 6.58. The van der Waals surface area contributed by atoms with Crippen LogP contribution in [-0.2, 0) is 0 Å². The number of ether oxygens (including phenoxy) is 1. The molecule has 1 aromatic carbocycles. The number of fused-ring (bicyclic) bond motifs is 1. The van der Waals surface area contributed by atoms with Crippen molar-refractivity contribution in [2.45, 2.75) is 57.2 Å². The lowest BCUT2D eigenvalue weighted by atomic mass is 9.80. The summed E-state index contributed by atoms with van der Waals surface area (Å²) < 4.78 is 6.58. The number of nitrogens with one attached hydrogen (secondary N) is 1. The Morgan fingerprint density at radius 1 is 1.19 bits per heavy atom. The summed E-state index contributed by atoms with van der Waals surface area (Å²) in [5.41, 5.74) is 1.21. The number of anilines is 1. The average molecular weight is 352 g/mol. The monoisotopic (exact) mass is 352 g/mol. The lowest BCUT2D eigenvalue weighted by Gasteiger charge is -2.47. The second-order valence-corrected chi connectivity index (χ2v) is 7.59. The number of hydrogen-bond donors (Lipinski definition) is 1. The second-order valence-electron chi connectivity index (χ2n) is 7.59. The summed E-state index contributed by atoms with van der Waals surface area (Å²) in [5, 5.41) is 3.82. The number of aromatic nitrogens is 2. The molecule has 138 valence electrons. The normalized spacial score (nSPS) is 22.5. The molecule has 1 aromatic heterocycles. The van der Waals surface area contributed by atoms with Crippen LogP contribution in [0.4, 0.5) is 5.95 Å². The van der Waals surface area contributed by atoms with Gasteiger partial charge in [-0.1, -0.05) is 25.1 Å². The van der Waals surface area contributed by atoms with Gasteiger partial charge in [0.15, 0.2) is 0 Å². The number of benzene rings is 1. The van der Waals surface area contributed by atoms with Crippen molar-refractivity contribution in [3.63, 3.8) is 0 Å². The highest BCUT2D eigenvalue weighted by Gasteiger charge is 2.43. The Kier molecular flexibility index (Phi) is 4.81. The highest BCUT2D eigenvalue weighted by molar-refractivity contribution is 5.40. The summed E-state index contributed by atoms with van der Waals surface area (Å²) in [5.74, 6) is 1.87. The van der Waals surface area contributed by atoms with Crippen LogP contribution in [0.15, 0.2) is 42.7 Å². The molecule has 26 heavy (non-hydrogen) atoms. The first-order chi connectivity index (χ1) is 12.7. The molecule has 0 amide bonds. The van der Waals surface area contributed by atoms with Crippen LogP contribution in [0.1, 0.15) is 51.1 Å². The molecule has 1 fully saturated rings. The lowest BCUT2D eigenvalue weighted by Crippen LogP contribution is -2.52. The Labute approximate surface area is 155 Å². The molecule has 5 nitrogen and oxygen atoms in total. The van der Waals surface area contributed by atoms with Gasteiger partial charge < -0.3 is 15.0 Å². The summed E-state index contributed by atoms with van der Waals surface area (Å²) in [6, 6.07) is 11.2. The largest absolute Gasteiger partial charge is 0.487 e. The molecule has 1 N–H and O–H groups in total. The van der Waals surface area contributed by atoms with Crippen molar-refractivity contribution in [3.8, 4) is 5.75 Å². The van der Waals surface area contributed by atoms with E-state index >= 15 is 0 Å². The molecule has 1 saturated heterocycles. The SMILES string of the molecule is CC[C@H](C)N[C@@H]1CC2(CCN(c3ncccn3)CC2)Oc2ccccc21. The van der Waals surface area contributed by atoms with Gasteiger partial charge in [-0.2, -0.15) is 0 Å². The number of hydrogen-bond acceptors (Lipinski definition) is 5. The molecular weight excluding hydrogens is 324 g/mol. The van der Waals surface area contributed by atoms with Gasteiger partial charge in [0.1, 0.15) is 11.4 Å². The molecule has 0 radical (unpaired) electrons. The van der Waals surface area contributed by atoms with Crippen LogP contribution in [0.5, 0.6) is 5.75 Å². The van der Waals surface area contributed by atoms with Gasteiger partial charge in [0.2, 0.25) is 5.95 Å². The van der Waals surface area contributed by atoms with Crippen LogP contribution in [0.25, 0.3) is 0 Å². The summed E-state index contributed by atoms with van der Waals surface area (Å²) in [7, 11) is 0. The zero-order valence-corrected chi connectivity index (χ0v) is 15.7. The molecule has 2 aromatic rings. The quantitative estimate of drug-likeness (QED) is 0.909. The number of para-hydroxylation sites is 1. The molecule has 2 aliphatic heterocycles. The summed E-state index contributed by atoms with van der Waals surface area (Å²) in [6.07, 6.45) is 7.78. The van der Waals surface area contributed by atoms with E-state index in [0.29, 0.717) is 12.1 Å². The average Bonchev–Trinajstić information content (AvgIpc) is 2.69. The number of piperidine rings is 1. The third-order valence-electron chi connectivity index (χ3n) is 5.80. The molecule has 0 saturated carbocycles. The first-order valence-electron chi connectivity index (χ1n) is 9.75. The highest BCUT2D eigenvalue weighted by atomic mass is 16.5. The van der Waals surface area contributed by atoms with Crippen molar-refractivity contribution < 1.29 is 4.74 Å². The van der Waals surface area contributed by atoms with Gasteiger partial charge in [0.25, 0.3) is 0 Å². The van der Waals surface area contributed by atoms with Crippen molar-refractivity contribution >= 4 is 5.95 Å². The van der Waals surface area contributed by atoms with Gasteiger partial charge in [0.05, 0.1) is 0 Å². The first-order valence-corrected chi connectivity index (χ1v) is 9.75.